The smallest absolute Gasteiger partial charge is 0.119 e. The van der Waals surface area contributed by atoms with Gasteiger partial charge in [0.2, 0.25) is 0 Å². The molecule has 1 rings (SSSR count). The van der Waals surface area contributed by atoms with Crippen LogP contribution in [-0.4, -0.2) is 29.8 Å². The van der Waals surface area contributed by atoms with E-state index in [1.165, 1.54) is 0 Å². The van der Waals surface area contributed by atoms with E-state index in [0.717, 1.165) is 29.2 Å². The Bertz CT molecular complexity index is 302. The summed E-state index contributed by atoms with van der Waals surface area (Å²) in [6.45, 7) is 2.14. The fourth-order valence-electron chi connectivity index (χ4n) is 1.54. The van der Waals surface area contributed by atoms with Crippen molar-refractivity contribution in [2.45, 2.75) is 25.9 Å². The van der Waals surface area contributed by atoms with Gasteiger partial charge in [-0.3, -0.25) is 0 Å². The average Bonchev–Trinajstić information content (AvgIpc) is 2.29. The van der Waals surface area contributed by atoms with E-state index in [2.05, 4.69) is 6.92 Å². The highest BCUT2D eigenvalue weighted by molar-refractivity contribution is 7.99. The third kappa shape index (κ3) is 4.90. The molecule has 0 spiro atoms. The second-order valence-electron chi connectivity index (χ2n) is 3.70. The van der Waals surface area contributed by atoms with Crippen molar-refractivity contribution in [3.63, 3.8) is 0 Å². The third-order valence-corrected chi connectivity index (χ3v) is 3.34. The van der Waals surface area contributed by atoms with E-state index < -0.39 is 0 Å². The normalized spacial score (nSPS) is 12.4. The molecule has 1 unspecified atom stereocenters. The fraction of sp³-hybridized carbons (Fsp3) is 0.538. The van der Waals surface area contributed by atoms with Gasteiger partial charge in [-0.05, 0) is 42.0 Å². The molecule has 3 heteroatoms. The van der Waals surface area contributed by atoms with E-state index in [-0.39, 0.29) is 6.10 Å². The lowest BCUT2D eigenvalue weighted by atomic mass is 10.1. The van der Waals surface area contributed by atoms with Gasteiger partial charge in [-0.1, -0.05) is 19.1 Å². The molecule has 0 saturated heterocycles. The summed E-state index contributed by atoms with van der Waals surface area (Å²) in [6.07, 6.45) is 1.32. The lowest BCUT2D eigenvalue weighted by Crippen LogP contribution is -2.11. The molecule has 90 valence electrons. The molecule has 0 bridgehead atoms. The van der Waals surface area contributed by atoms with Gasteiger partial charge in [-0.2, -0.15) is 11.8 Å². The minimum absolute atomic E-state index is 0.244. The molecule has 0 aliphatic rings. The Hall–Kier alpha value is -0.670. The van der Waals surface area contributed by atoms with Crippen molar-refractivity contribution in [2.75, 3.05) is 18.6 Å². The van der Waals surface area contributed by atoms with E-state index in [1.54, 1.807) is 7.11 Å². The number of ether oxygens (including phenoxy) is 1. The summed E-state index contributed by atoms with van der Waals surface area (Å²) in [5, 5.41) is 9.84. The zero-order valence-electron chi connectivity index (χ0n) is 9.98. The topological polar surface area (TPSA) is 29.5 Å². The largest absolute Gasteiger partial charge is 0.497 e. The number of hydrogen-bond donors (Lipinski definition) is 1. The number of rotatable bonds is 7. The SMILES string of the molecule is CCSCCC(O)Cc1cccc(OC)c1. The van der Waals surface area contributed by atoms with Crippen LogP contribution in [0.5, 0.6) is 5.75 Å². The van der Waals surface area contributed by atoms with Crippen LogP contribution in [0.1, 0.15) is 18.9 Å². The lowest BCUT2D eigenvalue weighted by Gasteiger charge is -2.10. The minimum Gasteiger partial charge on any atom is -0.497 e. The van der Waals surface area contributed by atoms with Gasteiger partial charge in [-0.25, -0.2) is 0 Å². The maximum Gasteiger partial charge on any atom is 0.119 e. The quantitative estimate of drug-likeness (QED) is 0.743. The van der Waals surface area contributed by atoms with Gasteiger partial charge < -0.3 is 9.84 Å². The Morgan fingerprint density at radius 2 is 2.25 bits per heavy atom. The minimum atomic E-state index is -0.244. The maximum atomic E-state index is 9.84. The molecular formula is C13H20O2S. The standard InChI is InChI=1S/C13H20O2S/c1-3-16-8-7-12(14)9-11-5-4-6-13(10-11)15-2/h4-6,10,12,14H,3,7-9H2,1-2H3. The van der Waals surface area contributed by atoms with Crippen LogP contribution in [0.2, 0.25) is 0 Å². The summed E-state index contributed by atoms with van der Waals surface area (Å²) in [5.41, 5.74) is 1.13. The first-order valence-electron chi connectivity index (χ1n) is 5.65. The molecule has 0 fully saturated rings. The van der Waals surface area contributed by atoms with Crippen molar-refractivity contribution in [1.29, 1.82) is 0 Å². The van der Waals surface area contributed by atoms with Gasteiger partial charge in [-0.15, -0.1) is 0 Å². The van der Waals surface area contributed by atoms with Crippen LogP contribution in [0.15, 0.2) is 24.3 Å². The Morgan fingerprint density at radius 1 is 1.44 bits per heavy atom. The Morgan fingerprint density at radius 3 is 2.94 bits per heavy atom. The summed E-state index contributed by atoms with van der Waals surface area (Å²) in [6, 6.07) is 7.89. The second-order valence-corrected chi connectivity index (χ2v) is 5.09. The van der Waals surface area contributed by atoms with Gasteiger partial charge in [0.15, 0.2) is 0 Å². The number of aliphatic hydroxyl groups excluding tert-OH is 1. The average molecular weight is 240 g/mol. The zero-order valence-corrected chi connectivity index (χ0v) is 10.8. The van der Waals surface area contributed by atoms with Gasteiger partial charge >= 0.3 is 0 Å². The summed E-state index contributed by atoms with van der Waals surface area (Å²) in [5.74, 6) is 3.00. The third-order valence-electron chi connectivity index (χ3n) is 2.41. The first-order valence-corrected chi connectivity index (χ1v) is 6.80. The van der Waals surface area contributed by atoms with E-state index >= 15 is 0 Å². The number of thioether (sulfide) groups is 1. The van der Waals surface area contributed by atoms with Crippen molar-refractivity contribution in [3.8, 4) is 5.75 Å². The molecule has 2 nitrogen and oxygen atoms in total. The highest BCUT2D eigenvalue weighted by atomic mass is 32.2. The van der Waals surface area contributed by atoms with E-state index in [0.29, 0.717) is 6.42 Å². The van der Waals surface area contributed by atoms with Crippen LogP contribution in [0, 0.1) is 0 Å². The van der Waals surface area contributed by atoms with Crippen LogP contribution in [0.3, 0.4) is 0 Å². The van der Waals surface area contributed by atoms with Gasteiger partial charge in [0, 0.05) is 0 Å². The first-order chi connectivity index (χ1) is 7.76. The molecule has 0 amide bonds. The van der Waals surface area contributed by atoms with Crippen LogP contribution in [-0.2, 0) is 6.42 Å². The highest BCUT2D eigenvalue weighted by Gasteiger charge is 2.05. The summed E-state index contributed by atoms with van der Waals surface area (Å²) in [4.78, 5) is 0. The lowest BCUT2D eigenvalue weighted by molar-refractivity contribution is 0.172. The molecule has 1 aromatic carbocycles. The van der Waals surface area contributed by atoms with Crippen LogP contribution in [0.25, 0.3) is 0 Å². The second kappa shape index (κ2) is 7.58. The molecule has 1 atom stereocenters. The monoisotopic (exact) mass is 240 g/mol. The molecule has 0 saturated carbocycles. The number of benzene rings is 1. The summed E-state index contributed by atoms with van der Waals surface area (Å²) >= 11 is 1.87. The molecule has 0 aliphatic carbocycles. The van der Waals surface area contributed by atoms with E-state index in [9.17, 15) is 5.11 Å². The van der Waals surface area contributed by atoms with Gasteiger partial charge in [0.25, 0.3) is 0 Å². The van der Waals surface area contributed by atoms with E-state index in [4.69, 9.17) is 4.74 Å². The fourth-order valence-corrected chi connectivity index (χ4v) is 2.26. The van der Waals surface area contributed by atoms with E-state index in [1.807, 2.05) is 36.0 Å². The highest BCUT2D eigenvalue weighted by Crippen LogP contribution is 2.15. The number of hydrogen-bond acceptors (Lipinski definition) is 3. The Balaban J connectivity index is 2.39. The molecule has 1 aromatic rings. The summed E-state index contributed by atoms with van der Waals surface area (Å²) in [7, 11) is 1.66. The van der Waals surface area contributed by atoms with Crippen molar-refractivity contribution >= 4 is 11.8 Å². The number of aliphatic hydroxyl groups is 1. The first kappa shape index (κ1) is 13.4. The van der Waals surface area contributed by atoms with Gasteiger partial charge in [0.05, 0.1) is 13.2 Å². The molecule has 1 N–H and O–H groups in total. The van der Waals surface area contributed by atoms with Crippen LogP contribution < -0.4 is 4.74 Å². The van der Waals surface area contributed by atoms with Crippen molar-refractivity contribution in [2.24, 2.45) is 0 Å². The van der Waals surface area contributed by atoms with Crippen LogP contribution >= 0.6 is 11.8 Å². The molecule has 0 radical (unpaired) electrons. The predicted molar refractivity (Wildman–Crippen MR) is 70.3 cm³/mol. The van der Waals surface area contributed by atoms with Crippen molar-refractivity contribution in [1.82, 2.24) is 0 Å². The van der Waals surface area contributed by atoms with Crippen molar-refractivity contribution in [3.05, 3.63) is 29.8 Å². The molecule has 0 heterocycles. The maximum absolute atomic E-state index is 9.84. The zero-order chi connectivity index (χ0) is 11.8. The Labute approximate surface area is 102 Å². The Kier molecular flexibility index (Phi) is 6.34. The number of methoxy groups -OCH3 is 1. The van der Waals surface area contributed by atoms with Gasteiger partial charge in [0.1, 0.15) is 5.75 Å². The molecule has 0 aromatic heterocycles. The molecule has 0 aliphatic heterocycles. The molecular weight excluding hydrogens is 220 g/mol. The molecule has 16 heavy (non-hydrogen) atoms. The predicted octanol–water partition coefficient (Wildman–Crippen LogP) is 2.74. The van der Waals surface area contributed by atoms with Crippen LogP contribution in [0.4, 0.5) is 0 Å². The van der Waals surface area contributed by atoms with Crippen molar-refractivity contribution < 1.29 is 9.84 Å². The summed E-state index contributed by atoms with van der Waals surface area (Å²) < 4.78 is 5.15.